The van der Waals surface area contributed by atoms with Crippen LogP contribution in [-0.4, -0.2) is 31.3 Å². The summed E-state index contributed by atoms with van der Waals surface area (Å²) in [4.78, 5) is 12.8. The van der Waals surface area contributed by atoms with Crippen LogP contribution >= 0.6 is 40.1 Å². The topological polar surface area (TPSA) is 41.1 Å². The predicted molar refractivity (Wildman–Crippen MR) is 86.1 cm³/mol. The lowest BCUT2D eigenvalue weighted by molar-refractivity contribution is -0.120. The summed E-state index contributed by atoms with van der Waals surface area (Å²) in [5.41, 5.74) is 0. The third-order valence-corrected chi connectivity index (χ3v) is 4.91. The van der Waals surface area contributed by atoms with Crippen molar-refractivity contribution < 1.29 is 4.79 Å². The average Bonchev–Trinajstić information content (AvgIpc) is 2.30. The Labute approximate surface area is 132 Å². The zero-order valence-corrected chi connectivity index (χ0v) is 13.7. The summed E-state index contributed by atoms with van der Waals surface area (Å²) in [6.45, 7) is 2.88. The highest BCUT2D eigenvalue weighted by molar-refractivity contribution is 9.10. The van der Waals surface area contributed by atoms with E-state index in [4.69, 9.17) is 0 Å². The second kappa shape index (κ2) is 8.84. The van der Waals surface area contributed by atoms with Crippen molar-refractivity contribution in [3.63, 3.8) is 0 Å². The number of carbonyl (C=O) groups is 1. The zero-order chi connectivity index (χ0) is 12.8. The van der Waals surface area contributed by atoms with E-state index in [0.29, 0.717) is 12.3 Å². The van der Waals surface area contributed by atoms with Gasteiger partial charge in [-0.1, -0.05) is 12.1 Å². The molecule has 1 amide bonds. The van der Waals surface area contributed by atoms with Gasteiger partial charge in [0.15, 0.2) is 0 Å². The van der Waals surface area contributed by atoms with Crippen LogP contribution in [0.25, 0.3) is 0 Å². The fourth-order valence-electron chi connectivity index (χ4n) is 1.65. The van der Waals surface area contributed by atoms with Gasteiger partial charge in [-0.05, 0) is 28.1 Å². The lowest BCUT2D eigenvalue weighted by atomic mass is 10.0. The molecule has 0 radical (unpaired) electrons. The number of halogens is 2. The van der Waals surface area contributed by atoms with E-state index in [-0.39, 0.29) is 18.3 Å². The molecule has 2 N–H and O–H groups in total. The maximum atomic E-state index is 11.6. The zero-order valence-electron chi connectivity index (χ0n) is 10.5. The van der Waals surface area contributed by atoms with Crippen LogP contribution in [0.3, 0.4) is 0 Å². The van der Waals surface area contributed by atoms with Crippen LogP contribution in [0.1, 0.15) is 6.42 Å². The maximum Gasteiger partial charge on any atom is 0.220 e. The number of nitrogens with one attached hydrogen (secondary N) is 2. The minimum Gasteiger partial charge on any atom is -0.356 e. The Morgan fingerprint density at radius 1 is 1.42 bits per heavy atom. The first-order chi connectivity index (χ1) is 8.75. The Balaban J connectivity index is 0.00000180. The molecular formula is C13H18BrClN2OS. The molecule has 0 atom stereocenters. The molecule has 1 aromatic rings. The molecule has 19 heavy (non-hydrogen) atoms. The van der Waals surface area contributed by atoms with Crippen LogP contribution in [0.2, 0.25) is 0 Å². The van der Waals surface area contributed by atoms with Crippen LogP contribution < -0.4 is 10.6 Å². The third kappa shape index (κ3) is 5.73. The molecule has 0 bridgehead atoms. The molecule has 0 spiro atoms. The molecule has 6 heteroatoms. The largest absolute Gasteiger partial charge is 0.356 e. The summed E-state index contributed by atoms with van der Waals surface area (Å²) in [6.07, 6.45) is 0.576. The molecule has 1 saturated heterocycles. The lowest BCUT2D eigenvalue weighted by Crippen LogP contribution is -2.48. The first kappa shape index (κ1) is 16.8. The summed E-state index contributed by atoms with van der Waals surface area (Å²) < 4.78 is 1.09. The molecule has 2 rings (SSSR count). The van der Waals surface area contributed by atoms with Gasteiger partial charge >= 0.3 is 0 Å². The van der Waals surface area contributed by atoms with Crippen molar-refractivity contribution in [3.8, 4) is 0 Å². The molecule has 0 unspecified atom stereocenters. The Kier molecular flexibility index (Phi) is 7.83. The summed E-state index contributed by atoms with van der Waals surface area (Å²) in [7, 11) is 0. The molecular weight excluding hydrogens is 348 g/mol. The minimum absolute atomic E-state index is 0. The van der Waals surface area contributed by atoms with E-state index in [1.807, 2.05) is 18.2 Å². The molecule has 0 aromatic heterocycles. The Morgan fingerprint density at radius 3 is 2.79 bits per heavy atom. The first-order valence-corrected chi connectivity index (χ1v) is 7.88. The number of carbonyl (C=O) groups excluding carboxylic acids is 1. The molecule has 0 saturated carbocycles. The third-order valence-electron chi connectivity index (χ3n) is 2.88. The Hall–Kier alpha value is -0.230. The Morgan fingerprint density at radius 2 is 2.16 bits per heavy atom. The molecule has 0 aliphatic carbocycles. The van der Waals surface area contributed by atoms with Crippen molar-refractivity contribution >= 4 is 46.0 Å². The number of thioether (sulfide) groups is 1. The first-order valence-electron chi connectivity index (χ1n) is 6.10. The van der Waals surface area contributed by atoms with Gasteiger partial charge in [-0.15, -0.1) is 24.2 Å². The van der Waals surface area contributed by atoms with Gasteiger partial charge in [-0.2, -0.15) is 0 Å². The standard InChI is InChI=1S/C13H17BrN2OS.ClH/c14-11-3-1-2-4-12(11)18-6-5-13(17)16-9-10-7-15-8-10;/h1-4,10,15H,5-9H2,(H,16,17);1H. The SMILES string of the molecule is Cl.O=C(CCSc1ccccc1Br)NCC1CNC1. The molecule has 1 aliphatic heterocycles. The van der Waals surface area contributed by atoms with Crippen molar-refractivity contribution in [3.05, 3.63) is 28.7 Å². The van der Waals surface area contributed by atoms with E-state index < -0.39 is 0 Å². The highest BCUT2D eigenvalue weighted by atomic mass is 79.9. The van der Waals surface area contributed by atoms with Crippen LogP contribution in [0, 0.1) is 5.92 Å². The lowest BCUT2D eigenvalue weighted by Gasteiger charge is -2.27. The average molecular weight is 366 g/mol. The highest BCUT2D eigenvalue weighted by Crippen LogP contribution is 2.27. The van der Waals surface area contributed by atoms with E-state index in [1.165, 1.54) is 4.90 Å². The number of amides is 1. The fraction of sp³-hybridized carbons (Fsp3) is 0.462. The number of benzene rings is 1. The second-order valence-corrected chi connectivity index (χ2v) is 6.35. The molecule has 106 valence electrons. The fourth-order valence-corrected chi connectivity index (χ4v) is 3.17. The van der Waals surface area contributed by atoms with Crippen LogP contribution in [0.15, 0.2) is 33.6 Å². The Bertz CT molecular complexity index is 415. The number of hydrogen-bond donors (Lipinski definition) is 2. The number of rotatable bonds is 6. The van der Waals surface area contributed by atoms with Crippen molar-refractivity contribution in [2.45, 2.75) is 11.3 Å². The van der Waals surface area contributed by atoms with Gasteiger partial charge in [0.2, 0.25) is 5.91 Å². The normalized spacial score (nSPS) is 14.4. The minimum atomic E-state index is 0. The van der Waals surface area contributed by atoms with Crippen LogP contribution in [0.4, 0.5) is 0 Å². The van der Waals surface area contributed by atoms with Crippen molar-refractivity contribution in [2.75, 3.05) is 25.4 Å². The van der Waals surface area contributed by atoms with E-state index in [9.17, 15) is 4.79 Å². The molecule has 3 nitrogen and oxygen atoms in total. The van der Waals surface area contributed by atoms with Crippen molar-refractivity contribution in [2.24, 2.45) is 5.92 Å². The van der Waals surface area contributed by atoms with Crippen molar-refractivity contribution in [1.29, 1.82) is 0 Å². The summed E-state index contributed by atoms with van der Waals surface area (Å²) in [5, 5.41) is 6.18. The van der Waals surface area contributed by atoms with Gasteiger partial charge in [0.25, 0.3) is 0 Å². The van der Waals surface area contributed by atoms with Gasteiger partial charge in [-0.25, -0.2) is 0 Å². The van der Waals surface area contributed by atoms with Crippen LogP contribution in [-0.2, 0) is 4.79 Å². The van der Waals surface area contributed by atoms with Crippen LogP contribution in [0.5, 0.6) is 0 Å². The highest BCUT2D eigenvalue weighted by Gasteiger charge is 2.16. The maximum absolute atomic E-state index is 11.6. The molecule has 1 heterocycles. The summed E-state index contributed by atoms with van der Waals surface area (Å²) in [6, 6.07) is 8.09. The van der Waals surface area contributed by atoms with E-state index in [0.717, 1.165) is 29.9 Å². The van der Waals surface area contributed by atoms with E-state index in [2.05, 4.69) is 32.6 Å². The second-order valence-electron chi connectivity index (χ2n) is 4.36. The molecule has 1 aromatic carbocycles. The van der Waals surface area contributed by atoms with Crippen molar-refractivity contribution in [1.82, 2.24) is 10.6 Å². The van der Waals surface area contributed by atoms with E-state index >= 15 is 0 Å². The van der Waals surface area contributed by atoms with Gasteiger partial charge in [0.05, 0.1) is 0 Å². The van der Waals surface area contributed by atoms with Gasteiger partial charge in [0.1, 0.15) is 0 Å². The molecule has 1 aliphatic rings. The van der Waals surface area contributed by atoms with Gasteiger partial charge in [-0.3, -0.25) is 4.79 Å². The smallest absolute Gasteiger partial charge is 0.220 e. The van der Waals surface area contributed by atoms with Gasteiger partial charge in [0, 0.05) is 47.1 Å². The van der Waals surface area contributed by atoms with E-state index in [1.54, 1.807) is 11.8 Å². The predicted octanol–water partition coefficient (Wildman–Crippen LogP) is 2.69. The summed E-state index contributed by atoms with van der Waals surface area (Å²) in [5.74, 6) is 1.60. The van der Waals surface area contributed by atoms with Gasteiger partial charge < -0.3 is 10.6 Å². The monoisotopic (exact) mass is 364 g/mol. The molecule has 1 fully saturated rings. The summed E-state index contributed by atoms with van der Waals surface area (Å²) >= 11 is 5.21. The quantitative estimate of drug-likeness (QED) is 0.762. The number of hydrogen-bond acceptors (Lipinski definition) is 3.